The second kappa shape index (κ2) is 4.66. The lowest BCUT2D eigenvalue weighted by Gasteiger charge is -2.03. The lowest BCUT2D eigenvalue weighted by Crippen LogP contribution is -2.01. The van der Waals surface area contributed by atoms with Crippen molar-refractivity contribution in [2.45, 2.75) is 38.2 Å². The molecule has 4 heteroatoms. The molecular formula is C10H14N2OS. The van der Waals surface area contributed by atoms with Crippen LogP contribution in [0.25, 0.3) is 0 Å². The average Bonchev–Trinajstić information content (AvgIpc) is 2.56. The Labute approximate surface area is 87.8 Å². The van der Waals surface area contributed by atoms with Crippen LogP contribution in [0.4, 0.5) is 0 Å². The third kappa shape index (κ3) is 2.62. The van der Waals surface area contributed by atoms with Crippen LogP contribution < -0.4 is 0 Å². The van der Waals surface area contributed by atoms with Gasteiger partial charge in [0.05, 0.1) is 29.7 Å². The largest absolute Gasteiger partial charge is 0.389 e. The first-order valence-corrected chi connectivity index (χ1v) is 5.72. The van der Waals surface area contributed by atoms with Crippen LogP contribution in [0.1, 0.15) is 31.4 Å². The molecule has 1 aromatic rings. The molecule has 1 aliphatic carbocycles. The second-order valence-electron chi connectivity index (χ2n) is 3.71. The molecule has 2 rings (SSSR count). The predicted octanol–water partition coefficient (Wildman–Crippen LogP) is 1.94. The van der Waals surface area contributed by atoms with Crippen LogP contribution in [-0.2, 0) is 6.42 Å². The van der Waals surface area contributed by atoms with Crippen molar-refractivity contribution in [3.8, 4) is 0 Å². The molecule has 0 fully saturated rings. The van der Waals surface area contributed by atoms with E-state index in [0.29, 0.717) is 0 Å². The Morgan fingerprint density at radius 1 is 1.50 bits per heavy atom. The van der Waals surface area contributed by atoms with E-state index in [-0.39, 0.29) is 6.10 Å². The fourth-order valence-electron chi connectivity index (χ4n) is 1.79. The van der Waals surface area contributed by atoms with Crippen LogP contribution in [0, 0.1) is 0 Å². The number of nitrogens with zero attached hydrogens (tertiary/aromatic N) is 2. The molecule has 0 amide bonds. The number of aliphatic hydroxyl groups is 1. The standard InChI is InChI=1S/C10H14N2OS/c13-10-4-2-1-3-8(6-10)5-9-7-11-14-12-9/h6-7,10,13H,1-5H2. The van der Waals surface area contributed by atoms with Gasteiger partial charge >= 0.3 is 0 Å². The van der Waals surface area contributed by atoms with E-state index < -0.39 is 0 Å². The summed E-state index contributed by atoms with van der Waals surface area (Å²) in [7, 11) is 0. The third-order valence-corrected chi connectivity index (χ3v) is 3.01. The van der Waals surface area contributed by atoms with Crippen molar-refractivity contribution in [3.63, 3.8) is 0 Å². The lowest BCUT2D eigenvalue weighted by molar-refractivity contribution is 0.211. The van der Waals surface area contributed by atoms with E-state index in [4.69, 9.17) is 0 Å². The molecule has 1 aromatic heterocycles. The van der Waals surface area contributed by atoms with E-state index >= 15 is 0 Å². The highest BCUT2D eigenvalue weighted by atomic mass is 32.1. The molecule has 0 bridgehead atoms. The van der Waals surface area contributed by atoms with E-state index in [2.05, 4.69) is 8.75 Å². The monoisotopic (exact) mass is 210 g/mol. The van der Waals surface area contributed by atoms with Crippen molar-refractivity contribution in [2.75, 3.05) is 0 Å². The molecule has 1 N–H and O–H groups in total. The Morgan fingerprint density at radius 2 is 2.43 bits per heavy atom. The molecule has 0 spiro atoms. The van der Waals surface area contributed by atoms with Gasteiger partial charge in [-0.2, -0.15) is 8.75 Å². The van der Waals surface area contributed by atoms with Crippen molar-refractivity contribution in [3.05, 3.63) is 23.5 Å². The zero-order valence-electron chi connectivity index (χ0n) is 8.02. The van der Waals surface area contributed by atoms with Crippen molar-refractivity contribution in [1.29, 1.82) is 0 Å². The number of aliphatic hydroxyl groups excluding tert-OH is 1. The molecule has 76 valence electrons. The summed E-state index contributed by atoms with van der Waals surface area (Å²) >= 11 is 1.24. The van der Waals surface area contributed by atoms with Gasteiger partial charge in [0.1, 0.15) is 0 Å². The van der Waals surface area contributed by atoms with Gasteiger partial charge in [0.25, 0.3) is 0 Å². The Bertz CT molecular complexity index is 308. The van der Waals surface area contributed by atoms with Gasteiger partial charge in [-0.3, -0.25) is 0 Å². The maximum atomic E-state index is 9.58. The normalized spacial score (nSPS) is 22.9. The smallest absolute Gasteiger partial charge is 0.0783 e. The summed E-state index contributed by atoms with van der Waals surface area (Å²) in [4.78, 5) is 0. The van der Waals surface area contributed by atoms with E-state index in [9.17, 15) is 5.11 Å². The Morgan fingerprint density at radius 3 is 3.21 bits per heavy atom. The minimum Gasteiger partial charge on any atom is -0.389 e. The number of rotatable bonds is 2. The molecule has 1 aliphatic rings. The van der Waals surface area contributed by atoms with Gasteiger partial charge in [-0.25, -0.2) is 0 Å². The van der Waals surface area contributed by atoms with Gasteiger partial charge in [-0.15, -0.1) is 0 Å². The van der Waals surface area contributed by atoms with Crippen molar-refractivity contribution >= 4 is 11.7 Å². The first-order valence-electron chi connectivity index (χ1n) is 4.98. The summed E-state index contributed by atoms with van der Waals surface area (Å²) in [6.07, 6.45) is 8.70. The molecule has 0 saturated carbocycles. The van der Waals surface area contributed by atoms with Gasteiger partial charge in [-0.05, 0) is 19.3 Å². The van der Waals surface area contributed by atoms with Gasteiger partial charge in [0, 0.05) is 6.42 Å². The first-order chi connectivity index (χ1) is 6.84. The van der Waals surface area contributed by atoms with E-state index in [1.807, 2.05) is 12.3 Å². The number of hydrogen-bond donors (Lipinski definition) is 1. The molecule has 0 radical (unpaired) electrons. The summed E-state index contributed by atoms with van der Waals surface area (Å²) in [6, 6.07) is 0. The van der Waals surface area contributed by atoms with Crippen molar-refractivity contribution in [1.82, 2.24) is 8.75 Å². The molecule has 0 aromatic carbocycles. The van der Waals surface area contributed by atoms with Gasteiger partial charge in [0.15, 0.2) is 0 Å². The summed E-state index contributed by atoms with van der Waals surface area (Å²) in [6.45, 7) is 0. The molecule has 1 heterocycles. The molecule has 3 nitrogen and oxygen atoms in total. The molecular weight excluding hydrogens is 196 g/mol. The Kier molecular flexibility index (Phi) is 3.26. The van der Waals surface area contributed by atoms with Crippen LogP contribution in [0.2, 0.25) is 0 Å². The molecule has 14 heavy (non-hydrogen) atoms. The Balaban J connectivity index is 2.02. The highest BCUT2D eigenvalue weighted by Crippen LogP contribution is 2.20. The van der Waals surface area contributed by atoms with E-state index in [1.54, 1.807) is 0 Å². The Hall–Kier alpha value is -0.740. The highest BCUT2D eigenvalue weighted by molar-refractivity contribution is 6.99. The zero-order chi connectivity index (χ0) is 9.80. The summed E-state index contributed by atoms with van der Waals surface area (Å²) in [5, 5.41) is 9.58. The minimum atomic E-state index is -0.251. The number of hydrogen-bond acceptors (Lipinski definition) is 4. The first kappa shape index (κ1) is 9.80. The quantitative estimate of drug-likeness (QED) is 0.759. The molecule has 1 unspecified atom stereocenters. The summed E-state index contributed by atoms with van der Waals surface area (Å²) in [5.74, 6) is 0. The fraction of sp³-hybridized carbons (Fsp3) is 0.600. The molecule has 0 saturated heterocycles. The SMILES string of the molecule is OC1C=C(Cc2cnsn2)CCCC1. The van der Waals surface area contributed by atoms with Crippen LogP contribution in [-0.4, -0.2) is 20.0 Å². The van der Waals surface area contributed by atoms with Gasteiger partial charge in [-0.1, -0.05) is 18.1 Å². The average molecular weight is 210 g/mol. The molecule has 0 aliphatic heterocycles. The minimum absolute atomic E-state index is 0.251. The maximum Gasteiger partial charge on any atom is 0.0783 e. The zero-order valence-corrected chi connectivity index (χ0v) is 8.83. The van der Waals surface area contributed by atoms with Crippen molar-refractivity contribution in [2.24, 2.45) is 0 Å². The highest BCUT2D eigenvalue weighted by Gasteiger charge is 2.10. The molecule has 1 atom stereocenters. The topological polar surface area (TPSA) is 46.0 Å². The lowest BCUT2D eigenvalue weighted by atomic mass is 10.1. The summed E-state index contributed by atoms with van der Waals surface area (Å²) in [5.41, 5.74) is 2.33. The van der Waals surface area contributed by atoms with Crippen molar-refractivity contribution < 1.29 is 5.11 Å². The van der Waals surface area contributed by atoms with E-state index in [0.717, 1.165) is 31.4 Å². The number of allylic oxidation sites excluding steroid dienone is 1. The van der Waals surface area contributed by atoms with Gasteiger partial charge < -0.3 is 5.11 Å². The van der Waals surface area contributed by atoms with E-state index in [1.165, 1.54) is 23.7 Å². The van der Waals surface area contributed by atoms with Crippen LogP contribution in [0.15, 0.2) is 17.8 Å². The van der Waals surface area contributed by atoms with Crippen LogP contribution in [0.3, 0.4) is 0 Å². The maximum absolute atomic E-state index is 9.58. The van der Waals surface area contributed by atoms with Crippen LogP contribution in [0.5, 0.6) is 0 Å². The predicted molar refractivity (Wildman–Crippen MR) is 56.2 cm³/mol. The fourth-order valence-corrected chi connectivity index (χ4v) is 2.22. The number of aromatic nitrogens is 2. The summed E-state index contributed by atoms with van der Waals surface area (Å²) < 4.78 is 8.15. The third-order valence-electron chi connectivity index (χ3n) is 2.49. The second-order valence-corrected chi connectivity index (χ2v) is 4.27. The van der Waals surface area contributed by atoms with Gasteiger partial charge in [0.2, 0.25) is 0 Å². The van der Waals surface area contributed by atoms with Crippen LogP contribution >= 0.6 is 11.7 Å².